The molecule has 0 bridgehead atoms. The third-order valence-electron chi connectivity index (χ3n) is 3.13. The van der Waals surface area contributed by atoms with Gasteiger partial charge in [-0.15, -0.1) is 0 Å². The molecule has 0 aliphatic carbocycles. The van der Waals surface area contributed by atoms with Gasteiger partial charge in [-0.05, 0) is 31.9 Å². The summed E-state index contributed by atoms with van der Waals surface area (Å²) in [5, 5.41) is 9.63. The lowest BCUT2D eigenvalue weighted by Gasteiger charge is -2.09. The van der Waals surface area contributed by atoms with Crippen LogP contribution in [0.4, 0.5) is 0 Å². The van der Waals surface area contributed by atoms with Crippen molar-refractivity contribution >= 4 is 28.8 Å². The Morgan fingerprint density at radius 3 is 3.00 bits per heavy atom. The first-order valence-electron chi connectivity index (χ1n) is 7.01. The number of rotatable bonds is 8. The number of ether oxygens (including phenoxy) is 1. The summed E-state index contributed by atoms with van der Waals surface area (Å²) in [7, 11) is 0. The molecule has 0 unspecified atom stereocenters. The van der Waals surface area contributed by atoms with Crippen molar-refractivity contribution < 1.29 is 14.6 Å². The first-order chi connectivity index (χ1) is 10.1. The maximum absolute atomic E-state index is 10.8. The Morgan fingerprint density at radius 1 is 1.48 bits per heavy atom. The molecule has 1 heterocycles. The fourth-order valence-corrected chi connectivity index (χ4v) is 3.01. The van der Waals surface area contributed by atoms with E-state index in [1.54, 1.807) is 0 Å². The van der Waals surface area contributed by atoms with Crippen LogP contribution >= 0.6 is 11.8 Å². The molecule has 5 nitrogen and oxygen atoms in total. The van der Waals surface area contributed by atoms with Gasteiger partial charge in [-0.2, -0.15) is 0 Å². The van der Waals surface area contributed by atoms with Crippen molar-refractivity contribution in [1.82, 2.24) is 9.55 Å². The molecule has 0 amide bonds. The van der Waals surface area contributed by atoms with Crippen LogP contribution in [0.3, 0.4) is 0 Å². The normalized spacial score (nSPS) is 11.1. The number of aryl methyl sites for hydroxylation is 2. The average Bonchev–Trinajstić information content (AvgIpc) is 2.80. The number of hydrogen-bond donors (Lipinski definition) is 1. The third-order valence-corrected chi connectivity index (χ3v) is 4.09. The second-order valence-corrected chi connectivity index (χ2v) is 5.66. The second-order valence-electron chi connectivity index (χ2n) is 4.72. The maximum Gasteiger partial charge on any atom is 0.313 e. The van der Waals surface area contributed by atoms with Gasteiger partial charge in [0.25, 0.3) is 0 Å². The molecule has 6 heteroatoms. The van der Waals surface area contributed by atoms with Crippen molar-refractivity contribution in [1.29, 1.82) is 0 Å². The van der Waals surface area contributed by atoms with Crippen LogP contribution in [0.25, 0.3) is 11.0 Å². The molecule has 114 valence electrons. The number of para-hydroxylation sites is 1. The standard InChI is InChI=1S/C15H20N2O3S/c1-3-20-9-5-8-17-14-11(2)6-4-7-12(14)16-15(17)21-10-13(18)19/h4,6-7H,3,5,8-10H2,1-2H3,(H,18,19). The van der Waals surface area contributed by atoms with E-state index in [-0.39, 0.29) is 5.75 Å². The quantitative estimate of drug-likeness (QED) is 0.600. The lowest BCUT2D eigenvalue weighted by Crippen LogP contribution is -2.06. The highest BCUT2D eigenvalue weighted by molar-refractivity contribution is 7.99. The van der Waals surface area contributed by atoms with Crippen LogP contribution in [0, 0.1) is 6.92 Å². The number of nitrogens with zero attached hydrogens (tertiary/aromatic N) is 2. The van der Waals surface area contributed by atoms with Crippen LogP contribution in [-0.2, 0) is 16.1 Å². The minimum Gasteiger partial charge on any atom is -0.481 e. The molecule has 21 heavy (non-hydrogen) atoms. The van der Waals surface area contributed by atoms with E-state index in [1.165, 1.54) is 11.8 Å². The Kier molecular flexibility index (Phi) is 5.64. The molecule has 0 fully saturated rings. The number of carbonyl (C=O) groups is 1. The Hall–Kier alpha value is -1.53. The molecule has 1 aromatic heterocycles. The number of aliphatic carboxylic acids is 1. The Balaban J connectivity index is 2.27. The molecule has 0 radical (unpaired) electrons. The highest BCUT2D eigenvalue weighted by Crippen LogP contribution is 2.26. The predicted octanol–water partition coefficient (Wildman–Crippen LogP) is 2.95. The van der Waals surface area contributed by atoms with Crippen LogP contribution < -0.4 is 0 Å². The topological polar surface area (TPSA) is 64.3 Å². The van der Waals surface area contributed by atoms with E-state index in [2.05, 4.69) is 22.5 Å². The molecule has 2 rings (SSSR count). The minimum atomic E-state index is -0.829. The van der Waals surface area contributed by atoms with Crippen molar-refractivity contribution in [2.24, 2.45) is 0 Å². The summed E-state index contributed by atoms with van der Waals surface area (Å²) in [6, 6.07) is 5.99. The SMILES string of the molecule is CCOCCCn1c(SCC(=O)O)nc2cccc(C)c21. The number of hydrogen-bond acceptors (Lipinski definition) is 4. The van der Waals surface area contributed by atoms with Crippen molar-refractivity contribution in [3.05, 3.63) is 23.8 Å². The van der Waals surface area contributed by atoms with Gasteiger partial charge in [0.15, 0.2) is 5.16 Å². The molecule has 0 aliphatic rings. The van der Waals surface area contributed by atoms with Gasteiger partial charge in [-0.25, -0.2) is 4.98 Å². The molecular weight excluding hydrogens is 288 g/mol. The zero-order valence-electron chi connectivity index (χ0n) is 12.3. The third kappa shape index (κ3) is 3.98. The number of thioether (sulfide) groups is 1. The van der Waals surface area contributed by atoms with Gasteiger partial charge in [0.2, 0.25) is 0 Å². The monoisotopic (exact) mass is 308 g/mol. The van der Waals surface area contributed by atoms with E-state index in [9.17, 15) is 4.79 Å². The number of fused-ring (bicyclic) bond motifs is 1. The smallest absolute Gasteiger partial charge is 0.313 e. The predicted molar refractivity (Wildman–Crippen MR) is 83.9 cm³/mol. The van der Waals surface area contributed by atoms with Gasteiger partial charge in [0.05, 0.1) is 16.8 Å². The van der Waals surface area contributed by atoms with Crippen LogP contribution in [0.1, 0.15) is 18.9 Å². The zero-order chi connectivity index (χ0) is 15.2. The lowest BCUT2D eigenvalue weighted by molar-refractivity contribution is -0.133. The summed E-state index contributed by atoms with van der Waals surface area (Å²) in [5.74, 6) is -0.807. The Labute approximate surface area is 128 Å². The van der Waals surface area contributed by atoms with E-state index >= 15 is 0 Å². The van der Waals surface area contributed by atoms with E-state index < -0.39 is 5.97 Å². The van der Waals surface area contributed by atoms with Gasteiger partial charge in [0, 0.05) is 19.8 Å². The summed E-state index contributed by atoms with van der Waals surface area (Å²) in [6.07, 6.45) is 0.883. The van der Waals surface area contributed by atoms with Gasteiger partial charge in [0.1, 0.15) is 0 Å². The van der Waals surface area contributed by atoms with Gasteiger partial charge >= 0.3 is 5.97 Å². The molecule has 0 aliphatic heterocycles. The number of carboxylic acid groups (broad SMARTS) is 1. The van der Waals surface area contributed by atoms with E-state index in [0.717, 1.165) is 34.7 Å². The summed E-state index contributed by atoms with van der Waals surface area (Å²) >= 11 is 1.26. The lowest BCUT2D eigenvalue weighted by atomic mass is 10.2. The molecule has 1 N–H and O–H groups in total. The summed E-state index contributed by atoms with van der Waals surface area (Å²) in [4.78, 5) is 15.4. The number of carboxylic acids is 1. The summed E-state index contributed by atoms with van der Waals surface area (Å²) < 4.78 is 7.49. The van der Waals surface area contributed by atoms with Gasteiger partial charge < -0.3 is 14.4 Å². The van der Waals surface area contributed by atoms with Crippen LogP contribution in [-0.4, -0.2) is 39.6 Å². The fourth-order valence-electron chi connectivity index (χ4n) is 2.26. The highest BCUT2D eigenvalue weighted by Gasteiger charge is 2.14. The molecule has 0 saturated carbocycles. The number of imidazole rings is 1. The minimum absolute atomic E-state index is 0.0217. The van der Waals surface area contributed by atoms with E-state index in [4.69, 9.17) is 9.84 Å². The van der Waals surface area contributed by atoms with Gasteiger partial charge in [-0.1, -0.05) is 23.9 Å². The molecule has 2 aromatic rings. The molecule has 0 atom stereocenters. The summed E-state index contributed by atoms with van der Waals surface area (Å²) in [5.41, 5.74) is 3.15. The first kappa shape index (κ1) is 15.9. The van der Waals surface area contributed by atoms with Crippen LogP contribution in [0.5, 0.6) is 0 Å². The Morgan fingerprint density at radius 2 is 2.29 bits per heavy atom. The van der Waals surface area contributed by atoms with Crippen molar-refractivity contribution in [3.8, 4) is 0 Å². The summed E-state index contributed by atoms with van der Waals surface area (Å²) in [6.45, 7) is 6.22. The number of benzene rings is 1. The zero-order valence-corrected chi connectivity index (χ0v) is 13.2. The fraction of sp³-hybridized carbons (Fsp3) is 0.467. The molecule has 0 saturated heterocycles. The van der Waals surface area contributed by atoms with Crippen molar-refractivity contribution in [2.45, 2.75) is 32.0 Å². The molecule has 1 aromatic carbocycles. The molecular formula is C15H20N2O3S. The van der Waals surface area contributed by atoms with Crippen molar-refractivity contribution in [2.75, 3.05) is 19.0 Å². The maximum atomic E-state index is 10.8. The van der Waals surface area contributed by atoms with E-state index in [1.807, 2.05) is 19.1 Å². The first-order valence-corrected chi connectivity index (χ1v) is 8.00. The largest absolute Gasteiger partial charge is 0.481 e. The Bertz CT molecular complexity index is 625. The van der Waals surface area contributed by atoms with Crippen LogP contribution in [0.2, 0.25) is 0 Å². The average molecular weight is 308 g/mol. The highest BCUT2D eigenvalue weighted by atomic mass is 32.2. The van der Waals surface area contributed by atoms with Gasteiger partial charge in [-0.3, -0.25) is 4.79 Å². The van der Waals surface area contributed by atoms with Crippen LogP contribution in [0.15, 0.2) is 23.4 Å². The van der Waals surface area contributed by atoms with E-state index in [0.29, 0.717) is 13.2 Å². The number of aromatic nitrogens is 2. The second kappa shape index (κ2) is 7.47. The van der Waals surface area contributed by atoms with Crippen molar-refractivity contribution in [3.63, 3.8) is 0 Å². The molecule has 0 spiro atoms.